The van der Waals surface area contributed by atoms with Gasteiger partial charge in [-0.05, 0) is 37.5 Å². The average Bonchev–Trinajstić information content (AvgIpc) is 3.07. The van der Waals surface area contributed by atoms with Crippen LogP contribution in [-0.2, 0) is 16.8 Å². The Morgan fingerprint density at radius 1 is 1.32 bits per heavy atom. The largest absolute Gasteiger partial charge is 0.493 e. The molecule has 0 spiro atoms. The minimum absolute atomic E-state index is 0.0695. The minimum atomic E-state index is -0.550. The number of hydrogen-bond acceptors (Lipinski definition) is 5. The first-order chi connectivity index (χ1) is 13.2. The number of nitrogens with zero attached hydrogens (tertiary/aromatic N) is 3. The first kappa shape index (κ1) is 20.3. The third-order valence-corrected chi connectivity index (χ3v) is 4.80. The molecule has 0 aliphatic carbocycles. The highest BCUT2D eigenvalue weighted by atomic mass is 16.5. The molecule has 1 aliphatic rings. The summed E-state index contributed by atoms with van der Waals surface area (Å²) in [7, 11) is 0. The fourth-order valence-electron chi connectivity index (χ4n) is 3.06. The van der Waals surface area contributed by atoms with Gasteiger partial charge in [0.1, 0.15) is 5.75 Å². The number of amides is 1. The summed E-state index contributed by atoms with van der Waals surface area (Å²) in [6, 6.07) is 7.82. The van der Waals surface area contributed by atoms with Crippen molar-refractivity contribution in [2.24, 2.45) is 11.3 Å². The summed E-state index contributed by atoms with van der Waals surface area (Å²) in [4.78, 5) is 12.7. The molecule has 28 heavy (non-hydrogen) atoms. The molecule has 0 atom stereocenters. The molecule has 1 aromatic heterocycles. The van der Waals surface area contributed by atoms with Gasteiger partial charge in [0.05, 0.1) is 38.1 Å². The number of rotatable bonds is 8. The van der Waals surface area contributed by atoms with Gasteiger partial charge in [0.25, 0.3) is 5.91 Å². The molecule has 7 heteroatoms. The van der Waals surface area contributed by atoms with Crippen LogP contribution in [0.4, 0.5) is 0 Å². The molecule has 2 heterocycles. The molecule has 2 aromatic rings. The van der Waals surface area contributed by atoms with Gasteiger partial charge < -0.3 is 14.8 Å². The molecule has 1 amide bonds. The van der Waals surface area contributed by atoms with E-state index in [1.807, 2.05) is 38.1 Å². The third-order valence-electron chi connectivity index (χ3n) is 4.80. The van der Waals surface area contributed by atoms with Gasteiger partial charge in [-0.15, -0.1) is 5.10 Å². The standard InChI is InChI=1S/C21H30N4O3/c1-15(2)11-28-17-8-6-16(7-9-17)20(3,4)22-19(26)18-10-25(24-23-18)12-21(5)13-27-14-21/h6-10,15H,11-14H2,1-5H3,(H,22,26). The normalized spacial score (nSPS) is 15.9. The van der Waals surface area contributed by atoms with Crippen molar-refractivity contribution in [3.63, 3.8) is 0 Å². The van der Waals surface area contributed by atoms with Crippen molar-refractivity contribution in [3.05, 3.63) is 41.7 Å². The second-order valence-electron chi connectivity index (χ2n) is 8.91. The molecular formula is C21H30N4O3. The Balaban J connectivity index is 1.61. The number of ether oxygens (including phenoxy) is 2. The lowest BCUT2D eigenvalue weighted by Gasteiger charge is -2.37. The molecule has 1 aromatic carbocycles. The van der Waals surface area contributed by atoms with E-state index < -0.39 is 5.54 Å². The number of carbonyl (C=O) groups is 1. The Labute approximate surface area is 166 Å². The maximum Gasteiger partial charge on any atom is 0.274 e. The summed E-state index contributed by atoms with van der Waals surface area (Å²) >= 11 is 0. The number of carbonyl (C=O) groups excluding carboxylic acids is 1. The summed E-state index contributed by atoms with van der Waals surface area (Å²) in [5.74, 6) is 1.06. The molecule has 1 saturated heterocycles. The van der Waals surface area contributed by atoms with Crippen molar-refractivity contribution < 1.29 is 14.3 Å². The topological polar surface area (TPSA) is 78.3 Å². The predicted octanol–water partition coefficient (Wildman–Crippen LogP) is 3.01. The zero-order valence-corrected chi connectivity index (χ0v) is 17.4. The van der Waals surface area contributed by atoms with Crippen LogP contribution in [0, 0.1) is 11.3 Å². The van der Waals surface area contributed by atoms with E-state index in [9.17, 15) is 4.79 Å². The lowest BCUT2D eigenvalue weighted by Crippen LogP contribution is -2.43. The van der Waals surface area contributed by atoms with Gasteiger partial charge >= 0.3 is 0 Å². The van der Waals surface area contributed by atoms with Crippen LogP contribution in [0.15, 0.2) is 30.5 Å². The Kier molecular flexibility index (Phi) is 5.74. The summed E-state index contributed by atoms with van der Waals surface area (Å²) in [5.41, 5.74) is 0.823. The van der Waals surface area contributed by atoms with E-state index in [-0.39, 0.29) is 11.3 Å². The van der Waals surface area contributed by atoms with Gasteiger partial charge in [-0.1, -0.05) is 38.1 Å². The van der Waals surface area contributed by atoms with Gasteiger partial charge in [0, 0.05) is 5.41 Å². The Hall–Kier alpha value is -2.41. The molecule has 0 saturated carbocycles. The number of hydrogen-bond donors (Lipinski definition) is 1. The Morgan fingerprint density at radius 2 is 2.00 bits per heavy atom. The lowest BCUT2D eigenvalue weighted by molar-refractivity contribution is -0.111. The van der Waals surface area contributed by atoms with Crippen LogP contribution in [0.2, 0.25) is 0 Å². The van der Waals surface area contributed by atoms with Crippen LogP contribution in [0.1, 0.15) is 50.7 Å². The van der Waals surface area contributed by atoms with E-state index in [4.69, 9.17) is 9.47 Å². The fraction of sp³-hybridized carbons (Fsp3) is 0.571. The van der Waals surface area contributed by atoms with Gasteiger partial charge in [0.2, 0.25) is 0 Å². The van der Waals surface area contributed by atoms with Crippen LogP contribution in [0.25, 0.3) is 0 Å². The van der Waals surface area contributed by atoms with Crippen molar-refractivity contribution in [1.29, 1.82) is 0 Å². The highest BCUT2D eigenvalue weighted by Crippen LogP contribution is 2.28. The maximum atomic E-state index is 12.7. The zero-order valence-electron chi connectivity index (χ0n) is 17.4. The second-order valence-corrected chi connectivity index (χ2v) is 8.91. The summed E-state index contributed by atoms with van der Waals surface area (Å²) < 4.78 is 12.7. The molecule has 7 nitrogen and oxygen atoms in total. The molecule has 0 unspecified atom stereocenters. The summed E-state index contributed by atoms with van der Waals surface area (Å²) in [6.45, 7) is 13.1. The lowest BCUT2D eigenvalue weighted by atomic mass is 9.89. The van der Waals surface area contributed by atoms with Crippen molar-refractivity contribution in [1.82, 2.24) is 20.3 Å². The van der Waals surface area contributed by atoms with E-state index in [1.165, 1.54) is 0 Å². The van der Waals surface area contributed by atoms with E-state index in [0.717, 1.165) is 11.3 Å². The minimum Gasteiger partial charge on any atom is -0.493 e. The van der Waals surface area contributed by atoms with Crippen LogP contribution in [0.5, 0.6) is 5.75 Å². The highest BCUT2D eigenvalue weighted by Gasteiger charge is 2.34. The van der Waals surface area contributed by atoms with Crippen LogP contribution >= 0.6 is 0 Å². The maximum absolute atomic E-state index is 12.7. The summed E-state index contributed by atoms with van der Waals surface area (Å²) in [6.07, 6.45) is 1.69. The van der Waals surface area contributed by atoms with Gasteiger partial charge in [0.15, 0.2) is 5.69 Å². The average molecular weight is 386 g/mol. The van der Waals surface area contributed by atoms with Crippen molar-refractivity contribution in [2.45, 2.75) is 46.7 Å². The number of benzene rings is 1. The van der Waals surface area contributed by atoms with E-state index in [0.29, 0.717) is 38.0 Å². The quantitative estimate of drug-likeness (QED) is 0.754. The van der Waals surface area contributed by atoms with Gasteiger partial charge in [-0.2, -0.15) is 0 Å². The first-order valence-electron chi connectivity index (χ1n) is 9.71. The number of nitrogens with one attached hydrogen (secondary N) is 1. The monoisotopic (exact) mass is 386 g/mol. The summed E-state index contributed by atoms with van der Waals surface area (Å²) in [5, 5.41) is 11.2. The smallest absolute Gasteiger partial charge is 0.274 e. The zero-order chi connectivity index (χ0) is 20.4. The fourth-order valence-corrected chi connectivity index (χ4v) is 3.06. The van der Waals surface area contributed by atoms with Crippen molar-refractivity contribution in [3.8, 4) is 5.75 Å². The van der Waals surface area contributed by atoms with Crippen molar-refractivity contribution >= 4 is 5.91 Å². The van der Waals surface area contributed by atoms with E-state index in [2.05, 4.69) is 36.4 Å². The van der Waals surface area contributed by atoms with Crippen LogP contribution < -0.4 is 10.1 Å². The molecule has 152 valence electrons. The Morgan fingerprint density at radius 3 is 2.57 bits per heavy atom. The van der Waals surface area contributed by atoms with Crippen molar-refractivity contribution in [2.75, 3.05) is 19.8 Å². The Bertz CT molecular complexity index is 807. The predicted molar refractivity (Wildman–Crippen MR) is 106 cm³/mol. The molecule has 0 radical (unpaired) electrons. The van der Waals surface area contributed by atoms with Gasteiger partial charge in [-0.25, -0.2) is 0 Å². The third kappa shape index (κ3) is 4.90. The second kappa shape index (κ2) is 7.91. The molecule has 1 fully saturated rings. The van der Waals surface area contributed by atoms with E-state index in [1.54, 1.807) is 10.9 Å². The molecule has 0 bridgehead atoms. The van der Waals surface area contributed by atoms with Gasteiger partial charge in [-0.3, -0.25) is 9.48 Å². The van der Waals surface area contributed by atoms with E-state index >= 15 is 0 Å². The molecule has 3 rings (SSSR count). The molecule has 1 N–H and O–H groups in total. The molecular weight excluding hydrogens is 356 g/mol. The SMILES string of the molecule is CC(C)COc1ccc(C(C)(C)NC(=O)c2cn(CC3(C)COC3)nn2)cc1. The van der Waals surface area contributed by atoms with Crippen LogP contribution in [-0.4, -0.2) is 40.7 Å². The highest BCUT2D eigenvalue weighted by molar-refractivity contribution is 5.92. The van der Waals surface area contributed by atoms with Crippen LogP contribution in [0.3, 0.4) is 0 Å². The first-order valence-corrected chi connectivity index (χ1v) is 9.71. The molecule has 1 aliphatic heterocycles. The number of aromatic nitrogens is 3.